The number of ether oxygens (including phenoxy) is 1. The van der Waals surface area contributed by atoms with Crippen molar-refractivity contribution >= 4 is 15.9 Å². The molecule has 3 rings (SSSR count). The minimum atomic E-state index is -3.71. The molecule has 1 heterocycles. The minimum absolute atomic E-state index is 0.00506. The molecule has 1 aromatic carbocycles. The third-order valence-corrected chi connectivity index (χ3v) is 6.96. The van der Waals surface area contributed by atoms with Gasteiger partial charge in [0.15, 0.2) is 0 Å². The molecule has 7 nitrogen and oxygen atoms in total. The summed E-state index contributed by atoms with van der Waals surface area (Å²) < 4.78 is 45.7. The maximum Gasteiger partial charge on any atom is 0.240 e. The van der Waals surface area contributed by atoms with Crippen molar-refractivity contribution in [2.75, 3.05) is 13.2 Å². The van der Waals surface area contributed by atoms with Crippen molar-refractivity contribution in [3.63, 3.8) is 0 Å². The Kier molecular flexibility index (Phi) is 7.03. The fraction of sp³-hybridized carbons (Fsp3) is 0.632. The van der Waals surface area contributed by atoms with Crippen molar-refractivity contribution in [2.45, 2.75) is 61.7 Å². The highest BCUT2D eigenvalue weighted by Gasteiger charge is 2.34. The summed E-state index contributed by atoms with van der Waals surface area (Å²) in [4.78, 5) is 12.1. The van der Waals surface area contributed by atoms with E-state index in [0.29, 0.717) is 19.3 Å². The number of rotatable bonds is 8. The normalized spacial score (nSPS) is 25.9. The largest absolute Gasteiger partial charge is 0.394 e. The lowest BCUT2D eigenvalue weighted by molar-refractivity contribution is -0.134. The summed E-state index contributed by atoms with van der Waals surface area (Å²) >= 11 is 0. The van der Waals surface area contributed by atoms with E-state index < -0.39 is 21.9 Å². The van der Waals surface area contributed by atoms with Gasteiger partial charge in [-0.05, 0) is 56.4 Å². The van der Waals surface area contributed by atoms with Crippen LogP contribution in [0.5, 0.6) is 0 Å². The Balaban J connectivity index is 1.45. The maximum atomic E-state index is 12.9. The van der Waals surface area contributed by atoms with Gasteiger partial charge in [0.25, 0.3) is 0 Å². The smallest absolute Gasteiger partial charge is 0.240 e. The predicted octanol–water partition coefficient (Wildman–Crippen LogP) is 1.32. The van der Waals surface area contributed by atoms with E-state index in [1.165, 1.54) is 12.1 Å². The minimum Gasteiger partial charge on any atom is -0.394 e. The predicted molar refractivity (Wildman–Crippen MR) is 100 cm³/mol. The highest BCUT2D eigenvalue weighted by Crippen LogP contribution is 2.28. The molecule has 156 valence electrons. The van der Waals surface area contributed by atoms with Crippen molar-refractivity contribution in [1.29, 1.82) is 0 Å². The molecule has 1 saturated carbocycles. The third kappa shape index (κ3) is 5.28. The van der Waals surface area contributed by atoms with Gasteiger partial charge < -0.3 is 15.2 Å². The van der Waals surface area contributed by atoms with Crippen LogP contribution in [0.3, 0.4) is 0 Å². The van der Waals surface area contributed by atoms with E-state index in [2.05, 4.69) is 10.0 Å². The maximum absolute atomic E-state index is 12.9. The number of hydrogen-bond donors (Lipinski definition) is 3. The van der Waals surface area contributed by atoms with Gasteiger partial charge >= 0.3 is 0 Å². The first kappa shape index (κ1) is 21.2. The van der Waals surface area contributed by atoms with Crippen LogP contribution in [0.15, 0.2) is 29.2 Å². The van der Waals surface area contributed by atoms with Crippen molar-refractivity contribution in [1.82, 2.24) is 10.0 Å². The molecule has 3 atom stereocenters. The monoisotopic (exact) mass is 414 g/mol. The highest BCUT2D eigenvalue weighted by molar-refractivity contribution is 7.89. The van der Waals surface area contributed by atoms with E-state index in [4.69, 9.17) is 4.74 Å². The number of aliphatic hydroxyl groups excluding tert-OH is 1. The molecule has 3 N–H and O–H groups in total. The first-order valence-electron chi connectivity index (χ1n) is 9.71. The summed E-state index contributed by atoms with van der Waals surface area (Å²) in [5.41, 5.74) is 0. The Morgan fingerprint density at radius 1 is 1.18 bits per heavy atom. The van der Waals surface area contributed by atoms with Gasteiger partial charge in [-0.1, -0.05) is 6.42 Å². The average molecular weight is 414 g/mol. The van der Waals surface area contributed by atoms with Gasteiger partial charge in [-0.2, -0.15) is 0 Å². The summed E-state index contributed by atoms with van der Waals surface area (Å²) in [6, 6.07) is 4.41. The molecule has 1 saturated heterocycles. The van der Waals surface area contributed by atoms with Crippen LogP contribution >= 0.6 is 0 Å². The Labute approximate surface area is 164 Å². The second-order valence-electron chi connectivity index (χ2n) is 7.44. The molecule has 2 aliphatic rings. The Hall–Kier alpha value is -1.55. The summed E-state index contributed by atoms with van der Waals surface area (Å²) in [7, 11) is -3.71. The van der Waals surface area contributed by atoms with Gasteiger partial charge in [0.05, 0.1) is 23.6 Å². The number of hydrogen-bond acceptors (Lipinski definition) is 5. The quantitative estimate of drug-likeness (QED) is 0.595. The molecular formula is C19H27FN2O5S. The van der Waals surface area contributed by atoms with Crippen molar-refractivity contribution < 1.29 is 27.4 Å². The molecule has 0 radical (unpaired) electrons. The molecule has 1 aromatic rings. The number of aliphatic hydroxyl groups is 1. The van der Waals surface area contributed by atoms with E-state index >= 15 is 0 Å². The molecule has 2 fully saturated rings. The van der Waals surface area contributed by atoms with Crippen molar-refractivity contribution in [3.8, 4) is 0 Å². The summed E-state index contributed by atoms with van der Waals surface area (Å²) in [5, 5.41) is 12.6. The van der Waals surface area contributed by atoms with E-state index in [9.17, 15) is 22.7 Å². The van der Waals surface area contributed by atoms with Crippen LogP contribution in [0.4, 0.5) is 4.39 Å². The van der Waals surface area contributed by atoms with E-state index in [-0.39, 0.29) is 42.0 Å². The summed E-state index contributed by atoms with van der Waals surface area (Å²) in [6.45, 7) is -0.0327. The fourth-order valence-electron chi connectivity index (χ4n) is 3.53. The Morgan fingerprint density at radius 2 is 1.89 bits per heavy atom. The standard InChI is InChI=1S/C19H27FN2O5S/c20-14-4-7-16(8-5-14)28(25,26)21-11-10-15-6-9-17(18(12-23)27-15)22-19(24)13-2-1-3-13/h4-5,7-8,13,15,17-18,21,23H,1-3,6,9-12H2,(H,22,24)/t15-,17+,18+/m0/s1. The number of nitrogens with one attached hydrogen (secondary N) is 2. The van der Waals surface area contributed by atoms with Crippen molar-refractivity contribution in [3.05, 3.63) is 30.1 Å². The average Bonchev–Trinajstić information content (AvgIpc) is 2.61. The lowest BCUT2D eigenvalue weighted by atomic mass is 9.84. The van der Waals surface area contributed by atoms with E-state index in [1.807, 2.05) is 0 Å². The van der Waals surface area contributed by atoms with E-state index in [1.54, 1.807) is 0 Å². The van der Waals surface area contributed by atoms with E-state index in [0.717, 1.165) is 31.4 Å². The van der Waals surface area contributed by atoms with Gasteiger partial charge in [0, 0.05) is 12.5 Å². The SMILES string of the molecule is O=C(N[C@@H]1CC[C@@H](CCNS(=O)(=O)c2ccc(F)cc2)O[C@@H]1CO)C1CCC1. The number of sulfonamides is 1. The first-order chi connectivity index (χ1) is 13.4. The number of amides is 1. The lowest BCUT2D eigenvalue weighted by Gasteiger charge is -2.37. The molecule has 1 aliphatic heterocycles. The molecule has 0 bridgehead atoms. The van der Waals surface area contributed by atoms with Gasteiger partial charge in [-0.3, -0.25) is 4.79 Å². The number of halogens is 1. The first-order valence-corrected chi connectivity index (χ1v) is 11.2. The second kappa shape index (κ2) is 9.30. The molecule has 0 aromatic heterocycles. The topological polar surface area (TPSA) is 105 Å². The number of carbonyl (C=O) groups is 1. The number of benzene rings is 1. The fourth-order valence-corrected chi connectivity index (χ4v) is 4.58. The molecule has 28 heavy (non-hydrogen) atoms. The molecule has 1 amide bonds. The molecular weight excluding hydrogens is 387 g/mol. The zero-order valence-electron chi connectivity index (χ0n) is 15.6. The van der Waals surface area contributed by atoms with Crippen LogP contribution in [-0.2, 0) is 19.6 Å². The van der Waals surface area contributed by atoms with Crippen LogP contribution in [-0.4, -0.2) is 50.8 Å². The highest BCUT2D eigenvalue weighted by atomic mass is 32.2. The Morgan fingerprint density at radius 3 is 2.50 bits per heavy atom. The van der Waals surface area contributed by atoms with Gasteiger partial charge in [0.1, 0.15) is 11.9 Å². The summed E-state index contributed by atoms with van der Waals surface area (Å²) in [6.07, 6.45) is 4.02. The molecule has 0 spiro atoms. The number of carbonyl (C=O) groups excluding carboxylic acids is 1. The zero-order chi connectivity index (χ0) is 20.1. The van der Waals surface area contributed by atoms with Gasteiger partial charge in [0.2, 0.25) is 15.9 Å². The zero-order valence-corrected chi connectivity index (χ0v) is 16.5. The molecule has 9 heteroatoms. The third-order valence-electron chi connectivity index (χ3n) is 5.48. The van der Waals surface area contributed by atoms with Gasteiger partial charge in [-0.15, -0.1) is 0 Å². The lowest BCUT2D eigenvalue weighted by Crippen LogP contribution is -2.53. The molecule has 1 aliphatic carbocycles. The molecule has 0 unspecified atom stereocenters. The van der Waals surface area contributed by atoms with Crippen LogP contribution in [0, 0.1) is 11.7 Å². The van der Waals surface area contributed by atoms with Crippen LogP contribution < -0.4 is 10.0 Å². The van der Waals surface area contributed by atoms with Gasteiger partial charge in [-0.25, -0.2) is 17.5 Å². The van der Waals surface area contributed by atoms with Crippen LogP contribution in [0.2, 0.25) is 0 Å². The summed E-state index contributed by atoms with van der Waals surface area (Å²) in [5.74, 6) is -0.384. The van der Waals surface area contributed by atoms with Crippen LogP contribution in [0.25, 0.3) is 0 Å². The Bertz CT molecular complexity index is 767. The van der Waals surface area contributed by atoms with Crippen LogP contribution in [0.1, 0.15) is 38.5 Å². The van der Waals surface area contributed by atoms with Crippen molar-refractivity contribution in [2.24, 2.45) is 5.92 Å². The second-order valence-corrected chi connectivity index (χ2v) is 9.21.